The van der Waals surface area contributed by atoms with Gasteiger partial charge in [-0.2, -0.15) is 0 Å². The van der Waals surface area contributed by atoms with Gasteiger partial charge in [0.05, 0.1) is 17.8 Å². The van der Waals surface area contributed by atoms with Gasteiger partial charge in [-0.25, -0.2) is 18.2 Å². The van der Waals surface area contributed by atoms with E-state index in [1.54, 1.807) is 30.3 Å². The molecule has 3 aromatic carbocycles. The Labute approximate surface area is 187 Å². The molecule has 164 valence electrons. The van der Waals surface area contributed by atoms with Crippen LogP contribution in [0.15, 0.2) is 101 Å². The average molecular weight is 450 g/mol. The van der Waals surface area contributed by atoms with E-state index in [9.17, 15) is 13.2 Å². The summed E-state index contributed by atoms with van der Waals surface area (Å²) in [5, 5.41) is 0. The largest absolute Gasteiger partial charge is 0.467 e. The Morgan fingerprint density at radius 3 is 2.09 bits per heavy atom. The highest BCUT2D eigenvalue weighted by Crippen LogP contribution is 2.43. The fourth-order valence-corrected chi connectivity index (χ4v) is 5.20. The minimum absolute atomic E-state index is 0.0905. The highest BCUT2D eigenvalue weighted by atomic mass is 32.2. The average Bonchev–Trinajstić information content (AvgIpc) is 3.25. The molecule has 0 fully saturated rings. The van der Waals surface area contributed by atoms with Crippen molar-refractivity contribution in [2.45, 2.75) is 23.0 Å². The molecule has 0 aliphatic carbocycles. The van der Waals surface area contributed by atoms with Crippen LogP contribution in [-0.4, -0.2) is 38.7 Å². The van der Waals surface area contributed by atoms with Crippen molar-refractivity contribution in [1.29, 1.82) is 0 Å². The fraction of sp³-hybridized carbons (Fsp3) is 0.200. The lowest BCUT2D eigenvalue weighted by atomic mass is 9.86. The molecule has 0 bridgehead atoms. The van der Waals surface area contributed by atoms with Gasteiger partial charge in [-0.1, -0.05) is 66.7 Å². The van der Waals surface area contributed by atoms with Crippen molar-refractivity contribution in [1.82, 2.24) is 0 Å². The molecule has 2 atom stereocenters. The number of methoxy groups -OCH3 is 1. The topological polar surface area (TPSA) is 82.0 Å². The molecule has 3 aromatic rings. The summed E-state index contributed by atoms with van der Waals surface area (Å²) in [6.45, 7) is 0. The van der Waals surface area contributed by atoms with Gasteiger partial charge in [0.15, 0.2) is 15.9 Å². The molecule has 1 aliphatic heterocycles. The van der Waals surface area contributed by atoms with Crippen molar-refractivity contribution in [3.05, 3.63) is 102 Å². The lowest BCUT2D eigenvalue weighted by molar-refractivity contribution is -0.150. The summed E-state index contributed by atoms with van der Waals surface area (Å²) in [5.74, 6) is -0.646. The number of hydrogen-bond donors (Lipinski definition) is 0. The van der Waals surface area contributed by atoms with Gasteiger partial charge in [0.25, 0.3) is 0 Å². The van der Waals surface area contributed by atoms with Crippen molar-refractivity contribution < 1.29 is 22.7 Å². The second kappa shape index (κ2) is 8.96. The summed E-state index contributed by atoms with van der Waals surface area (Å²) in [6, 6.07) is 26.6. The van der Waals surface area contributed by atoms with Crippen LogP contribution < -0.4 is 0 Å². The molecule has 7 heteroatoms. The molecule has 6 nitrogen and oxygen atoms in total. The molecule has 1 heterocycles. The van der Waals surface area contributed by atoms with Gasteiger partial charge in [-0.3, -0.25) is 0 Å². The zero-order valence-electron chi connectivity index (χ0n) is 17.5. The predicted octanol–water partition coefficient (Wildman–Crippen LogP) is 3.98. The van der Waals surface area contributed by atoms with Gasteiger partial charge in [0, 0.05) is 12.0 Å². The molecule has 0 unspecified atom stereocenters. The molecule has 0 amide bonds. The van der Waals surface area contributed by atoms with Crippen LogP contribution in [0.3, 0.4) is 0 Å². The molecule has 32 heavy (non-hydrogen) atoms. The maximum Gasteiger partial charge on any atom is 0.338 e. The molecule has 0 radical (unpaired) electrons. The van der Waals surface area contributed by atoms with Crippen molar-refractivity contribution in [3.8, 4) is 0 Å². The Bertz CT molecular complexity index is 1210. The number of rotatable bonds is 7. The van der Waals surface area contributed by atoms with Crippen LogP contribution >= 0.6 is 0 Å². The Kier molecular flexibility index (Phi) is 6.10. The summed E-state index contributed by atoms with van der Waals surface area (Å²) in [7, 11) is -2.38. The van der Waals surface area contributed by atoms with E-state index in [1.165, 1.54) is 7.11 Å². The van der Waals surface area contributed by atoms with Crippen molar-refractivity contribution in [2.75, 3.05) is 12.9 Å². The van der Waals surface area contributed by atoms with E-state index in [0.29, 0.717) is 11.1 Å². The van der Waals surface area contributed by atoms with Crippen LogP contribution in [0.5, 0.6) is 0 Å². The summed E-state index contributed by atoms with van der Waals surface area (Å²) < 4.78 is 37.3. The lowest BCUT2D eigenvalue weighted by Gasteiger charge is -2.29. The van der Waals surface area contributed by atoms with Gasteiger partial charge in [0.2, 0.25) is 11.4 Å². The van der Waals surface area contributed by atoms with Crippen LogP contribution in [0.25, 0.3) is 0 Å². The van der Waals surface area contributed by atoms with Gasteiger partial charge >= 0.3 is 5.97 Å². The first-order valence-electron chi connectivity index (χ1n) is 10.2. The van der Waals surface area contributed by atoms with Crippen molar-refractivity contribution in [3.63, 3.8) is 0 Å². The Morgan fingerprint density at radius 2 is 1.50 bits per heavy atom. The summed E-state index contributed by atoms with van der Waals surface area (Å²) in [6.07, 6.45) is -0.912. The number of ether oxygens (including phenoxy) is 2. The number of carbonyl (C=O) groups excluding carboxylic acids is 1. The standard InChI is InChI=1S/C25H23NO5S/c1-30-24(27)25(17-18-32(28,29)21-15-9-4-10-16-21)22(19-11-5-2-6-12-19)31-23(26-25)20-13-7-3-8-14-20/h2-16,22H,17-18H2,1H3/t22-,25-/m0/s1. The Morgan fingerprint density at radius 1 is 0.938 bits per heavy atom. The maximum absolute atomic E-state index is 13.1. The number of sulfone groups is 1. The SMILES string of the molecule is COC(=O)[C@@]1(CCS(=O)(=O)c2ccccc2)N=C(c2ccccc2)O[C@H]1c1ccccc1. The van der Waals surface area contributed by atoms with E-state index < -0.39 is 27.4 Å². The highest BCUT2D eigenvalue weighted by molar-refractivity contribution is 7.91. The van der Waals surface area contributed by atoms with Crippen LogP contribution in [0.4, 0.5) is 0 Å². The maximum atomic E-state index is 13.1. The minimum atomic E-state index is -3.65. The first-order valence-corrected chi connectivity index (χ1v) is 11.8. The number of hydrogen-bond acceptors (Lipinski definition) is 6. The van der Waals surface area contributed by atoms with Crippen LogP contribution in [0.1, 0.15) is 23.7 Å². The number of carbonyl (C=O) groups is 1. The van der Waals surface area contributed by atoms with E-state index in [0.717, 1.165) is 0 Å². The number of nitrogens with zero attached hydrogens (tertiary/aromatic N) is 1. The predicted molar refractivity (Wildman–Crippen MR) is 121 cm³/mol. The molecular weight excluding hydrogens is 426 g/mol. The fourth-order valence-electron chi connectivity index (χ4n) is 3.81. The molecule has 0 saturated carbocycles. The number of aliphatic imine (C=N–C) groups is 1. The molecule has 0 aromatic heterocycles. The third-order valence-electron chi connectivity index (χ3n) is 5.48. The lowest BCUT2D eigenvalue weighted by Crippen LogP contribution is -2.43. The van der Waals surface area contributed by atoms with E-state index >= 15 is 0 Å². The second-order valence-electron chi connectivity index (χ2n) is 7.49. The van der Waals surface area contributed by atoms with Gasteiger partial charge in [-0.15, -0.1) is 0 Å². The molecule has 0 spiro atoms. The number of benzene rings is 3. The molecule has 0 N–H and O–H groups in total. The van der Waals surface area contributed by atoms with E-state index in [1.807, 2.05) is 60.7 Å². The van der Waals surface area contributed by atoms with Crippen LogP contribution in [0, 0.1) is 0 Å². The van der Waals surface area contributed by atoms with Gasteiger partial charge in [0.1, 0.15) is 0 Å². The number of esters is 1. The minimum Gasteiger partial charge on any atom is -0.467 e. The zero-order chi connectivity index (χ0) is 22.6. The Hall–Kier alpha value is -3.45. The summed E-state index contributed by atoms with van der Waals surface area (Å²) in [4.78, 5) is 18.0. The van der Waals surface area contributed by atoms with E-state index in [2.05, 4.69) is 4.99 Å². The first kappa shape index (κ1) is 21.8. The highest BCUT2D eigenvalue weighted by Gasteiger charge is 2.54. The normalized spacial score (nSPS) is 20.3. The van der Waals surface area contributed by atoms with Crippen LogP contribution in [0.2, 0.25) is 0 Å². The first-order chi connectivity index (χ1) is 15.5. The summed E-state index contributed by atoms with van der Waals surface area (Å²) in [5.41, 5.74) is -0.127. The third kappa shape index (κ3) is 4.16. The quantitative estimate of drug-likeness (QED) is 0.510. The molecule has 4 rings (SSSR count). The second-order valence-corrected chi connectivity index (χ2v) is 9.60. The van der Waals surface area contributed by atoms with Crippen molar-refractivity contribution in [2.24, 2.45) is 4.99 Å². The zero-order valence-corrected chi connectivity index (χ0v) is 18.4. The van der Waals surface area contributed by atoms with Gasteiger partial charge in [-0.05, 0) is 29.8 Å². The van der Waals surface area contributed by atoms with Gasteiger partial charge < -0.3 is 9.47 Å². The van der Waals surface area contributed by atoms with E-state index in [-0.39, 0.29) is 23.0 Å². The third-order valence-corrected chi connectivity index (χ3v) is 7.21. The van der Waals surface area contributed by atoms with Crippen molar-refractivity contribution >= 4 is 21.7 Å². The molecule has 0 saturated heterocycles. The molecule has 1 aliphatic rings. The van der Waals surface area contributed by atoms with Crippen LogP contribution in [-0.2, 0) is 24.1 Å². The monoisotopic (exact) mass is 449 g/mol. The molecular formula is C25H23NO5S. The Balaban J connectivity index is 1.78. The summed E-state index contributed by atoms with van der Waals surface area (Å²) >= 11 is 0. The van der Waals surface area contributed by atoms with E-state index in [4.69, 9.17) is 9.47 Å². The smallest absolute Gasteiger partial charge is 0.338 e.